The first-order valence-electron chi connectivity index (χ1n) is 22.6. The number of unbranched alkanes of at least 4 members (excludes halogenated alkanes) is 28. The molecule has 0 fully saturated rings. The molecule has 0 rings (SSSR count). The minimum absolute atomic E-state index is 0.0444. The van der Waals surface area contributed by atoms with E-state index >= 15 is 0 Å². The van der Waals surface area contributed by atoms with Crippen molar-refractivity contribution >= 4 is 29.0 Å². The average Bonchev–Trinajstić information content (AvgIpc) is 3.14. The molecular weight excluding hydrogens is 645 g/mol. The van der Waals surface area contributed by atoms with Crippen LogP contribution in [0.5, 0.6) is 0 Å². The van der Waals surface area contributed by atoms with Crippen LogP contribution >= 0.6 is 0 Å². The molecular formula is C45H86N4O3. The van der Waals surface area contributed by atoms with Crippen molar-refractivity contribution < 1.29 is 14.4 Å². The van der Waals surface area contributed by atoms with Crippen LogP contribution in [0.4, 0.5) is 0 Å². The smallest absolute Gasteiger partial charge is 0.224 e. The molecule has 0 aliphatic carbocycles. The van der Waals surface area contributed by atoms with Gasteiger partial charge in [-0.25, -0.2) is 0 Å². The van der Waals surface area contributed by atoms with Crippen LogP contribution in [-0.4, -0.2) is 55.2 Å². The Morgan fingerprint density at radius 3 is 0.808 bits per heavy atom. The van der Waals surface area contributed by atoms with Gasteiger partial charge < -0.3 is 10.6 Å². The van der Waals surface area contributed by atoms with Crippen molar-refractivity contribution in [1.82, 2.24) is 10.6 Å². The fourth-order valence-electron chi connectivity index (χ4n) is 6.82. The van der Waals surface area contributed by atoms with Gasteiger partial charge in [0.05, 0.1) is 13.1 Å². The summed E-state index contributed by atoms with van der Waals surface area (Å²) in [7, 11) is 0. The lowest BCUT2D eigenvalue weighted by molar-refractivity contribution is -0.121. The Bertz CT molecular complexity index is 831. The molecule has 0 radical (unpaired) electrons. The molecule has 52 heavy (non-hydrogen) atoms. The molecule has 2 amide bonds. The van der Waals surface area contributed by atoms with Crippen LogP contribution in [0.15, 0.2) is 9.98 Å². The highest BCUT2D eigenvalue weighted by molar-refractivity contribution is 6.67. The standard InChI is InChI=1S/C45H86N4O3/c1-5-9-11-13-15-17-19-21-23-25-27-29-31-33-35-37-43(50)48-39-41(46-7-3)45(52)42(47-8-4)40-49-44(51)38-36-34-32-30-28-26-24-22-20-18-16-14-12-10-6-2/h5-40H2,1-4H3,(H,48,50)(H,49,51). The molecule has 0 aromatic heterocycles. The highest BCUT2D eigenvalue weighted by Crippen LogP contribution is 2.15. The van der Waals surface area contributed by atoms with Crippen molar-refractivity contribution in [3.63, 3.8) is 0 Å². The van der Waals surface area contributed by atoms with Gasteiger partial charge in [0, 0.05) is 25.9 Å². The molecule has 0 spiro atoms. The number of amides is 2. The van der Waals surface area contributed by atoms with Gasteiger partial charge >= 0.3 is 0 Å². The summed E-state index contributed by atoms with van der Waals surface area (Å²) < 4.78 is 0. The van der Waals surface area contributed by atoms with Crippen LogP contribution in [0.1, 0.15) is 233 Å². The lowest BCUT2D eigenvalue weighted by atomic mass is 10.0. The Labute approximate surface area is 322 Å². The number of ketones is 1. The zero-order valence-electron chi connectivity index (χ0n) is 35.1. The third kappa shape index (κ3) is 33.8. The maximum absolute atomic E-state index is 13.3. The van der Waals surface area contributed by atoms with E-state index in [0.717, 1.165) is 25.7 Å². The van der Waals surface area contributed by atoms with Crippen molar-refractivity contribution in [1.29, 1.82) is 0 Å². The molecule has 7 nitrogen and oxygen atoms in total. The second kappa shape index (κ2) is 40.1. The molecule has 0 saturated carbocycles. The van der Waals surface area contributed by atoms with Gasteiger partial charge in [0.25, 0.3) is 0 Å². The second-order valence-electron chi connectivity index (χ2n) is 15.1. The first-order valence-corrected chi connectivity index (χ1v) is 22.6. The highest BCUT2D eigenvalue weighted by atomic mass is 16.2. The third-order valence-corrected chi connectivity index (χ3v) is 10.1. The van der Waals surface area contributed by atoms with Crippen LogP contribution in [0.2, 0.25) is 0 Å². The van der Waals surface area contributed by atoms with E-state index in [1.165, 1.54) is 167 Å². The van der Waals surface area contributed by atoms with Gasteiger partial charge in [-0.1, -0.05) is 194 Å². The van der Waals surface area contributed by atoms with Gasteiger partial charge in [-0.05, 0) is 26.7 Å². The summed E-state index contributed by atoms with van der Waals surface area (Å²) in [6.45, 7) is 9.38. The first kappa shape index (κ1) is 49.9. The van der Waals surface area contributed by atoms with Gasteiger partial charge in [0.15, 0.2) is 0 Å². The molecule has 0 bridgehead atoms. The Hall–Kier alpha value is -2.05. The summed E-state index contributed by atoms with van der Waals surface area (Å²) in [5.41, 5.74) is 0.604. The molecule has 0 aliphatic heterocycles. The van der Waals surface area contributed by atoms with Gasteiger partial charge in [-0.2, -0.15) is 0 Å². The number of Topliss-reactive ketones (excluding diaryl/α,β-unsaturated/α-hetero) is 1. The lowest BCUT2D eigenvalue weighted by Crippen LogP contribution is -2.41. The number of aliphatic imine (C=N–C) groups is 2. The maximum Gasteiger partial charge on any atom is 0.224 e. The van der Waals surface area contributed by atoms with Crippen molar-refractivity contribution in [2.45, 2.75) is 233 Å². The fraction of sp³-hybridized carbons (Fsp3) is 0.889. The summed E-state index contributed by atoms with van der Waals surface area (Å²) in [5.74, 6) is -0.377. The Balaban J connectivity index is 4.05. The van der Waals surface area contributed by atoms with E-state index in [-0.39, 0.29) is 30.7 Å². The summed E-state index contributed by atoms with van der Waals surface area (Å²) in [6.07, 6.45) is 39.8. The number of hydrogen-bond donors (Lipinski definition) is 2. The van der Waals surface area contributed by atoms with Crippen LogP contribution in [-0.2, 0) is 14.4 Å². The molecule has 0 saturated heterocycles. The Kier molecular flexibility index (Phi) is 38.6. The number of nitrogens with zero attached hydrogens (tertiary/aromatic N) is 2. The Morgan fingerprint density at radius 2 is 0.577 bits per heavy atom. The molecule has 0 heterocycles. The zero-order chi connectivity index (χ0) is 38.2. The van der Waals surface area contributed by atoms with Crippen molar-refractivity contribution in [3.8, 4) is 0 Å². The van der Waals surface area contributed by atoms with Crippen LogP contribution in [0.25, 0.3) is 0 Å². The topological polar surface area (TPSA) is 100.0 Å². The molecule has 7 heteroatoms. The lowest BCUT2D eigenvalue weighted by Gasteiger charge is -2.11. The number of carbonyl (C=O) groups excluding carboxylic acids is 3. The monoisotopic (exact) mass is 731 g/mol. The number of nitrogens with one attached hydrogen (secondary N) is 2. The number of rotatable bonds is 40. The second-order valence-corrected chi connectivity index (χ2v) is 15.1. The fourth-order valence-corrected chi connectivity index (χ4v) is 6.82. The summed E-state index contributed by atoms with van der Waals surface area (Å²) in [4.78, 5) is 47.1. The molecule has 304 valence electrons. The highest BCUT2D eigenvalue weighted by Gasteiger charge is 2.19. The normalized spacial score (nSPS) is 12.0. The zero-order valence-corrected chi connectivity index (χ0v) is 35.1. The van der Waals surface area contributed by atoms with Gasteiger partial charge in [0.1, 0.15) is 11.4 Å². The van der Waals surface area contributed by atoms with E-state index < -0.39 is 0 Å². The predicted molar refractivity (Wildman–Crippen MR) is 226 cm³/mol. The number of carbonyl (C=O) groups is 3. The molecule has 0 aromatic rings. The maximum atomic E-state index is 13.3. The first-order chi connectivity index (χ1) is 25.5. The largest absolute Gasteiger partial charge is 0.350 e. The molecule has 0 aliphatic rings. The van der Waals surface area contributed by atoms with Crippen molar-refractivity contribution in [2.75, 3.05) is 26.2 Å². The minimum atomic E-state index is -0.289. The third-order valence-electron chi connectivity index (χ3n) is 10.1. The Morgan fingerprint density at radius 1 is 0.346 bits per heavy atom. The van der Waals surface area contributed by atoms with Crippen molar-refractivity contribution in [2.24, 2.45) is 9.98 Å². The average molecular weight is 731 g/mol. The van der Waals surface area contributed by atoms with Crippen LogP contribution < -0.4 is 10.6 Å². The van der Waals surface area contributed by atoms with E-state index in [2.05, 4.69) is 34.5 Å². The molecule has 2 N–H and O–H groups in total. The van der Waals surface area contributed by atoms with Crippen molar-refractivity contribution in [3.05, 3.63) is 0 Å². The quantitative estimate of drug-likeness (QED) is 0.0485. The van der Waals surface area contributed by atoms with E-state index in [9.17, 15) is 14.4 Å². The van der Waals surface area contributed by atoms with E-state index in [1.54, 1.807) is 0 Å². The SMILES string of the molecule is CCCCCCCCCCCCCCCCCC(=O)NCC(=NCC)C(=O)C(CNC(=O)CCCCCCCCCCCCCCCCC)=NCC. The van der Waals surface area contributed by atoms with Crippen LogP contribution in [0, 0.1) is 0 Å². The molecule has 0 aromatic carbocycles. The van der Waals surface area contributed by atoms with Gasteiger partial charge in [0.2, 0.25) is 17.6 Å². The molecule has 0 unspecified atom stereocenters. The molecule has 0 atom stereocenters. The van der Waals surface area contributed by atoms with E-state index in [4.69, 9.17) is 0 Å². The minimum Gasteiger partial charge on any atom is -0.350 e. The van der Waals surface area contributed by atoms with E-state index in [1.807, 2.05) is 13.8 Å². The van der Waals surface area contributed by atoms with Gasteiger partial charge in [-0.15, -0.1) is 0 Å². The van der Waals surface area contributed by atoms with Gasteiger partial charge in [-0.3, -0.25) is 24.4 Å². The van der Waals surface area contributed by atoms with E-state index in [0.29, 0.717) is 37.4 Å². The summed E-state index contributed by atoms with van der Waals surface area (Å²) in [5, 5.41) is 5.80. The summed E-state index contributed by atoms with van der Waals surface area (Å²) >= 11 is 0. The predicted octanol–water partition coefficient (Wildman–Crippen LogP) is 12.2. The summed E-state index contributed by atoms with van der Waals surface area (Å²) in [6, 6.07) is 0. The number of hydrogen-bond acceptors (Lipinski definition) is 5. The van der Waals surface area contributed by atoms with Crippen LogP contribution in [0.3, 0.4) is 0 Å².